The number of hydrogen-bond donors (Lipinski definition) is 0. The van der Waals surface area contributed by atoms with Crippen LogP contribution >= 0.6 is 11.6 Å². The fourth-order valence-corrected chi connectivity index (χ4v) is 1.38. The Morgan fingerprint density at radius 2 is 2.45 bits per heavy atom. The summed E-state index contributed by atoms with van der Waals surface area (Å²) in [4.78, 5) is 4.23. The van der Waals surface area contributed by atoms with E-state index in [-0.39, 0.29) is 12.1 Å². The molecule has 0 aliphatic carbocycles. The minimum absolute atomic E-state index is 0.0810. The molecule has 0 amide bonds. The van der Waals surface area contributed by atoms with Gasteiger partial charge >= 0.3 is 0 Å². The van der Waals surface area contributed by atoms with E-state index >= 15 is 0 Å². The van der Waals surface area contributed by atoms with Crippen molar-refractivity contribution in [2.45, 2.75) is 19.1 Å². The number of dihydropyridines is 1. The number of hydrogen-bond acceptors (Lipinski definition) is 2. The van der Waals surface area contributed by atoms with Crippen molar-refractivity contribution >= 4 is 16.8 Å². The van der Waals surface area contributed by atoms with Crippen molar-refractivity contribution in [3.63, 3.8) is 0 Å². The molecule has 0 radical (unpaired) electrons. The van der Waals surface area contributed by atoms with Gasteiger partial charge in [-0.15, -0.1) is 0 Å². The Kier molecular flexibility index (Phi) is 1.50. The molecule has 2 aliphatic heterocycles. The topological polar surface area (TPSA) is 21.6 Å². The summed E-state index contributed by atoms with van der Waals surface area (Å²) in [5, 5.41) is 0.599. The summed E-state index contributed by atoms with van der Waals surface area (Å²) in [6.07, 6.45) is 5.67. The third-order valence-corrected chi connectivity index (χ3v) is 2.25. The van der Waals surface area contributed by atoms with Gasteiger partial charge in [-0.3, -0.25) is 4.99 Å². The number of ether oxygens (including phenoxy) is 1. The van der Waals surface area contributed by atoms with Crippen molar-refractivity contribution in [3.05, 3.63) is 24.0 Å². The predicted octanol–water partition coefficient (Wildman–Crippen LogP) is 1.86. The predicted molar refractivity (Wildman–Crippen MR) is 44.8 cm³/mol. The highest BCUT2D eigenvalue weighted by molar-refractivity contribution is 6.69. The van der Waals surface area contributed by atoms with Crippen molar-refractivity contribution < 1.29 is 4.74 Å². The second-order valence-electron chi connectivity index (χ2n) is 2.69. The molecule has 2 unspecified atom stereocenters. The van der Waals surface area contributed by atoms with E-state index in [4.69, 9.17) is 16.3 Å². The van der Waals surface area contributed by atoms with Crippen LogP contribution in [-0.4, -0.2) is 17.3 Å². The maximum Gasteiger partial charge on any atom is 0.143 e. The Morgan fingerprint density at radius 3 is 3.27 bits per heavy atom. The molecule has 2 rings (SSSR count). The van der Waals surface area contributed by atoms with Crippen molar-refractivity contribution in [2.24, 2.45) is 4.99 Å². The van der Waals surface area contributed by atoms with Crippen LogP contribution < -0.4 is 0 Å². The van der Waals surface area contributed by atoms with Gasteiger partial charge in [-0.05, 0) is 24.6 Å². The minimum atomic E-state index is 0.0810. The summed E-state index contributed by atoms with van der Waals surface area (Å²) in [6, 6.07) is 0.103. The summed E-state index contributed by atoms with van der Waals surface area (Å²) >= 11 is 5.83. The second-order valence-corrected chi connectivity index (χ2v) is 3.05. The van der Waals surface area contributed by atoms with E-state index in [1.807, 2.05) is 19.1 Å². The molecule has 0 saturated carbocycles. The van der Waals surface area contributed by atoms with Gasteiger partial charge < -0.3 is 4.74 Å². The molecule has 11 heavy (non-hydrogen) atoms. The van der Waals surface area contributed by atoms with E-state index in [1.165, 1.54) is 0 Å². The Hall–Kier alpha value is -0.760. The highest BCUT2D eigenvalue weighted by atomic mass is 35.5. The zero-order valence-electron chi connectivity index (χ0n) is 6.12. The van der Waals surface area contributed by atoms with E-state index in [2.05, 4.69) is 4.99 Å². The Morgan fingerprint density at radius 1 is 1.64 bits per heavy atom. The molecule has 0 saturated heterocycles. The average molecular weight is 170 g/mol. The summed E-state index contributed by atoms with van der Waals surface area (Å²) in [5.74, 6) is 0. The lowest BCUT2D eigenvalue weighted by molar-refractivity contribution is 0.200. The summed E-state index contributed by atoms with van der Waals surface area (Å²) in [5.41, 5.74) is 0.997. The van der Waals surface area contributed by atoms with Gasteiger partial charge in [0.15, 0.2) is 0 Å². The maximum absolute atomic E-state index is 5.83. The number of halogens is 1. The number of allylic oxidation sites excluding steroid dienone is 1. The number of fused-ring (bicyclic) bond motifs is 1. The van der Waals surface area contributed by atoms with Crippen LogP contribution in [0, 0.1) is 0 Å². The first-order valence-corrected chi connectivity index (χ1v) is 3.89. The molecule has 0 aromatic rings. The van der Waals surface area contributed by atoms with Crippen molar-refractivity contribution in [2.75, 3.05) is 0 Å². The molecular weight excluding hydrogens is 162 g/mol. The first-order valence-electron chi connectivity index (χ1n) is 3.51. The second kappa shape index (κ2) is 2.38. The van der Waals surface area contributed by atoms with Crippen LogP contribution in [0.15, 0.2) is 29.0 Å². The van der Waals surface area contributed by atoms with E-state index in [0.29, 0.717) is 5.17 Å². The Labute approximate surface area is 70.2 Å². The van der Waals surface area contributed by atoms with E-state index in [1.54, 1.807) is 6.26 Å². The highest BCUT2D eigenvalue weighted by Gasteiger charge is 2.26. The highest BCUT2D eigenvalue weighted by Crippen LogP contribution is 2.23. The first kappa shape index (κ1) is 6.92. The van der Waals surface area contributed by atoms with Crippen LogP contribution in [0.4, 0.5) is 0 Å². The third-order valence-electron chi connectivity index (χ3n) is 1.85. The molecule has 0 N–H and O–H groups in total. The monoisotopic (exact) mass is 169 g/mol. The van der Waals surface area contributed by atoms with Crippen LogP contribution in [-0.2, 0) is 4.74 Å². The van der Waals surface area contributed by atoms with Gasteiger partial charge in [0.05, 0.1) is 6.26 Å². The summed E-state index contributed by atoms with van der Waals surface area (Å²) in [6.45, 7) is 1.93. The summed E-state index contributed by atoms with van der Waals surface area (Å²) in [7, 11) is 0. The Bertz CT molecular complexity index is 267. The SMILES string of the molecule is CC1=CC2OC=CC2N=C1Cl. The smallest absolute Gasteiger partial charge is 0.143 e. The molecule has 2 nitrogen and oxygen atoms in total. The van der Waals surface area contributed by atoms with Crippen molar-refractivity contribution in [1.29, 1.82) is 0 Å². The molecule has 0 aromatic heterocycles. The van der Waals surface area contributed by atoms with Gasteiger partial charge in [-0.1, -0.05) is 11.6 Å². The zero-order chi connectivity index (χ0) is 7.84. The largest absolute Gasteiger partial charge is 0.492 e. The number of aliphatic imine (C=N–C) groups is 1. The van der Waals surface area contributed by atoms with E-state index < -0.39 is 0 Å². The molecule has 2 atom stereocenters. The number of nitrogens with zero attached hydrogens (tertiary/aromatic N) is 1. The number of rotatable bonds is 0. The minimum Gasteiger partial charge on any atom is -0.492 e. The molecule has 0 aromatic carbocycles. The molecule has 0 spiro atoms. The van der Waals surface area contributed by atoms with Gasteiger partial charge in [0, 0.05) is 0 Å². The molecule has 58 valence electrons. The maximum atomic E-state index is 5.83. The fraction of sp³-hybridized carbons (Fsp3) is 0.375. The van der Waals surface area contributed by atoms with E-state index in [0.717, 1.165) is 5.57 Å². The third kappa shape index (κ3) is 1.07. The van der Waals surface area contributed by atoms with Crippen LogP contribution in [0.25, 0.3) is 0 Å². The van der Waals surface area contributed by atoms with Gasteiger partial charge in [0.1, 0.15) is 17.3 Å². The lowest BCUT2D eigenvalue weighted by Crippen LogP contribution is -2.23. The van der Waals surface area contributed by atoms with Gasteiger partial charge in [-0.2, -0.15) is 0 Å². The molecule has 2 heterocycles. The molecule has 0 fully saturated rings. The lowest BCUT2D eigenvalue weighted by atomic mass is 10.1. The zero-order valence-corrected chi connectivity index (χ0v) is 6.88. The first-order chi connectivity index (χ1) is 5.27. The van der Waals surface area contributed by atoms with Crippen LogP contribution in [0.2, 0.25) is 0 Å². The van der Waals surface area contributed by atoms with Crippen molar-refractivity contribution in [1.82, 2.24) is 0 Å². The van der Waals surface area contributed by atoms with Crippen molar-refractivity contribution in [3.8, 4) is 0 Å². The average Bonchev–Trinajstić information content (AvgIpc) is 2.36. The van der Waals surface area contributed by atoms with Gasteiger partial charge in [0.2, 0.25) is 0 Å². The standard InChI is InChI=1S/C8H8ClNO/c1-5-4-7-6(2-3-11-7)10-8(5)9/h2-4,6-7H,1H3. The quantitative estimate of drug-likeness (QED) is 0.543. The van der Waals surface area contributed by atoms with Crippen LogP contribution in [0.1, 0.15) is 6.92 Å². The normalized spacial score (nSPS) is 34.0. The van der Waals surface area contributed by atoms with Gasteiger partial charge in [-0.25, -0.2) is 0 Å². The fourth-order valence-electron chi connectivity index (χ4n) is 1.21. The molecule has 0 bridgehead atoms. The molecule has 2 aliphatic rings. The molecular formula is C8H8ClNO. The molecule has 3 heteroatoms. The summed E-state index contributed by atoms with van der Waals surface area (Å²) < 4.78 is 5.25. The van der Waals surface area contributed by atoms with Crippen LogP contribution in [0.3, 0.4) is 0 Å². The lowest BCUT2D eigenvalue weighted by Gasteiger charge is -2.17. The van der Waals surface area contributed by atoms with Gasteiger partial charge in [0.25, 0.3) is 0 Å². The Balaban J connectivity index is 2.31. The van der Waals surface area contributed by atoms with Crippen LogP contribution in [0.5, 0.6) is 0 Å². The van der Waals surface area contributed by atoms with E-state index in [9.17, 15) is 0 Å².